The van der Waals surface area contributed by atoms with E-state index in [1.807, 2.05) is 0 Å². The summed E-state index contributed by atoms with van der Waals surface area (Å²) < 4.78 is 5.51. The molecule has 0 spiro atoms. The van der Waals surface area contributed by atoms with Crippen LogP contribution >= 0.6 is 11.6 Å². The first-order valence-electron chi connectivity index (χ1n) is 4.43. The summed E-state index contributed by atoms with van der Waals surface area (Å²) in [7, 11) is 0. The van der Waals surface area contributed by atoms with Gasteiger partial charge in [0.25, 0.3) is 5.91 Å². The zero-order valence-corrected chi connectivity index (χ0v) is 8.25. The van der Waals surface area contributed by atoms with E-state index in [1.54, 1.807) is 18.2 Å². The van der Waals surface area contributed by atoms with Gasteiger partial charge in [-0.3, -0.25) is 4.79 Å². The van der Waals surface area contributed by atoms with Crippen LogP contribution in [0.25, 0.3) is 0 Å². The lowest BCUT2D eigenvalue weighted by atomic mass is 10.2. The fourth-order valence-corrected chi connectivity index (χ4v) is 1.47. The van der Waals surface area contributed by atoms with Crippen molar-refractivity contribution >= 4 is 17.5 Å². The molecular formula is C10H10ClNO2. The molecule has 14 heavy (non-hydrogen) atoms. The van der Waals surface area contributed by atoms with E-state index in [1.165, 1.54) is 0 Å². The van der Waals surface area contributed by atoms with Crippen molar-refractivity contribution in [3.8, 4) is 5.75 Å². The maximum absolute atomic E-state index is 11.1. The molecule has 2 N–H and O–H groups in total. The van der Waals surface area contributed by atoms with Crippen LogP contribution in [-0.4, -0.2) is 12.0 Å². The van der Waals surface area contributed by atoms with E-state index in [2.05, 4.69) is 0 Å². The lowest BCUT2D eigenvalue weighted by Crippen LogP contribution is -2.14. The third-order valence-electron chi connectivity index (χ3n) is 2.04. The summed E-state index contributed by atoms with van der Waals surface area (Å²) in [6, 6.07) is 5.08. The first-order chi connectivity index (χ1) is 6.68. The summed E-state index contributed by atoms with van der Waals surface area (Å²) in [4.78, 5) is 11.1. The van der Waals surface area contributed by atoms with Gasteiger partial charge >= 0.3 is 0 Å². The normalized spacial score (nSPS) is 15.2. The van der Waals surface area contributed by atoms with Gasteiger partial charge in [0.05, 0.1) is 16.7 Å². The van der Waals surface area contributed by atoms with E-state index in [0.29, 0.717) is 10.8 Å². The third-order valence-corrected chi connectivity index (χ3v) is 2.35. The van der Waals surface area contributed by atoms with Crippen LogP contribution in [0.15, 0.2) is 18.2 Å². The Balaban J connectivity index is 2.35. The fourth-order valence-electron chi connectivity index (χ4n) is 1.21. The van der Waals surface area contributed by atoms with Gasteiger partial charge in [0.2, 0.25) is 0 Å². The number of carbonyl (C=O) groups excluding carboxylic acids is 1. The van der Waals surface area contributed by atoms with Gasteiger partial charge in [-0.2, -0.15) is 0 Å². The van der Waals surface area contributed by atoms with Crippen molar-refractivity contribution in [3.05, 3.63) is 28.8 Å². The lowest BCUT2D eigenvalue weighted by Gasteiger charge is -2.09. The average Bonchev–Trinajstić information content (AvgIpc) is 2.87. The molecule has 1 aromatic rings. The molecule has 0 saturated heterocycles. The predicted octanol–water partition coefficient (Wildman–Crippen LogP) is 1.98. The first-order valence-corrected chi connectivity index (χ1v) is 4.81. The Morgan fingerprint density at radius 1 is 1.50 bits per heavy atom. The van der Waals surface area contributed by atoms with E-state index in [9.17, 15) is 4.79 Å². The molecule has 2 rings (SSSR count). The van der Waals surface area contributed by atoms with E-state index in [0.717, 1.165) is 12.8 Å². The Morgan fingerprint density at radius 3 is 2.79 bits per heavy atom. The Hall–Kier alpha value is -1.22. The van der Waals surface area contributed by atoms with E-state index < -0.39 is 5.91 Å². The summed E-state index contributed by atoms with van der Waals surface area (Å²) in [6.07, 6.45) is 2.29. The molecule has 0 atom stereocenters. The van der Waals surface area contributed by atoms with Crippen LogP contribution in [-0.2, 0) is 0 Å². The number of hydrogen-bond donors (Lipinski definition) is 1. The highest BCUT2D eigenvalue weighted by Crippen LogP contribution is 2.32. The number of halogens is 1. The molecule has 0 aliphatic heterocycles. The number of carbonyl (C=O) groups is 1. The SMILES string of the molecule is NC(=O)c1c(Cl)cccc1OC1CC1. The minimum Gasteiger partial charge on any atom is -0.490 e. The number of primary amides is 1. The highest BCUT2D eigenvalue weighted by atomic mass is 35.5. The van der Waals surface area contributed by atoms with Gasteiger partial charge in [0, 0.05) is 0 Å². The first kappa shape index (κ1) is 9.34. The second kappa shape index (κ2) is 3.50. The molecule has 0 unspecified atom stereocenters. The second-order valence-electron chi connectivity index (χ2n) is 3.29. The molecule has 0 bridgehead atoms. The topological polar surface area (TPSA) is 52.3 Å². The monoisotopic (exact) mass is 211 g/mol. The van der Waals surface area contributed by atoms with E-state index in [-0.39, 0.29) is 11.7 Å². The van der Waals surface area contributed by atoms with Crippen LogP contribution in [0.3, 0.4) is 0 Å². The summed E-state index contributed by atoms with van der Waals surface area (Å²) in [6.45, 7) is 0. The summed E-state index contributed by atoms with van der Waals surface area (Å²) in [5.74, 6) is -0.0567. The van der Waals surface area contributed by atoms with Gasteiger partial charge in [0.1, 0.15) is 5.75 Å². The van der Waals surface area contributed by atoms with Crippen molar-refractivity contribution in [3.63, 3.8) is 0 Å². The molecule has 1 aliphatic carbocycles. The van der Waals surface area contributed by atoms with Crippen molar-refractivity contribution in [2.75, 3.05) is 0 Å². The van der Waals surface area contributed by atoms with Crippen LogP contribution in [0.2, 0.25) is 5.02 Å². The highest BCUT2D eigenvalue weighted by Gasteiger charge is 2.26. The van der Waals surface area contributed by atoms with Gasteiger partial charge < -0.3 is 10.5 Å². The number of amides is 1. The van der Waals surface area contributed by atoms with E-state index in [4.69, 9.17) is 22.1 Å². The van der Waals surface area contributed by atoms with Gasteiger partial charge in [0.15, 0.2) is 0 Å². The second-order valence-corrected chi connectivity index (χ2v) is 3.70. The third kappa shape index (κ3) is 1.82. The van der Waals surface area contributed by atoms with E-state index >= 15 is 0 Å². The fraction of sp³-hybridized carbons (Fsp3) is 0.300. The molecule has 0 heterocycles. The molecule has 4 heteroatoms. The Kier molecular flexibility index (Phi) is 2.33. The van der Waals surface area contributed by atoms with Gasteiger partial charge in [-0.25, -0.2) is 0 Å². The molecule has 1 amide bonds. The Morgan fingerprint density at radius 2 is 2.21 bits per heavy atom. The smallest absolute Gasteiger partial charge is 0.253 e. The zero-order chi connectivity index (χ0) is 10.1. The minimum atomic E-state index is -0.550. The number of nitrogens with two attached hydrogens (primary N) is 1. The number of hydrogen-bond acceptors (Lipinski definition) is 2. The van der Waals surface area contributed by atoms with Crippen LogP contribution in [0.1, 0.15) is 23.2 Å². The van der Waals surface area contributed by atoms with Crippen molar-refractivity contribution in [2.45, 2.75) is 18.9 Å². The number of ether oxygens (including phenoxy) is 1. The van der Waals surface area contributed by atoms with Crippen molar-refractivity contribution < 1.29 is 9.53 Å². The highest BCUT2D eigenvalue weighted by molar-refractivity contribution is 6.34. The van der Waals surface area contributed by atoms with Crippen LogP contribution < -0.4 is 10.5 Å². The summed E-state index contributed by atoms with van der Waals surface area (Å²) in [5, 5.41) is 0.343. The summed E-state index contributed by atoms with van der Waals surface area (Å²) >= 11 is 5.85. The molecule has 1 aromatic carbocycles. The Bertz CT molecular complexity index is 374. The molecule has 0 radical (unpaired) electrons. The van der Waals surface area contributed by atoms with Gasteiger partial charge in [-0.1, -0.05) is 17.7 Å². The molecule has 0 aromatic heterocycles. The quantitative estimate of drug-likeness (QED) is 0.831. The zero-order valence-electron chi connectivity index (χ0n) is 7.50. The van der Waals surface area contributed by atoms with Crippen LogP contribution in [0.5, 0.6) is 5.75 Å². The molecule has 1 aliphatic rings. The maximum atomic E-state index is 11.1. The van der Waals surface area contributed by atoms with Crippen molar-refractivity contribution in [1.29, 1.82) is 0 Å². The molecule has 3 nitrogen and oxygen atoms in total. The van der Waals surface area contributed by atoms with Gasteiger partial charge in [-0.15, -0.1) is 0 Å². The van der Waals surface area contributed by atoms with Crippen molar-refractivity contribution in [1.82, 2.24) is 0 Å². The Labute approximate surface area is 86.8 Å². The lowest BCUT2D eigenvalue weighted by molar-refractivity contribution is 0.0996. The molecule has 1 saturated carbocycles. The minimum absolute atomic E-state index is 0.228. The standard InChI is InChI=1S/C10H10ClNO2/c11-7-2-1-3-8(9(7)10(12)13)14-6-4-5-6/h1-3,6H,4-5H2,(H2,12,13). The van der Waals surface area contributed by atoms with Crippen LogP contribution in [0.4, 0.5) is 0 Å². The summed E-state index contributed by atoms with van der Waals surface area (Å²) in [5.41, 5.74) is 5.49. The number of rotatable bonds is 3. The largest absolute Gasteiger partial charge is 0.490 e. The maximum Gasteiger partial charge on any atom is 0.253 e. The predicted molar refractivity (Wildman–Crippen MR) is 53.6 cm³/mol. The molecular weight excluding hydrogens is 202 g/mol. The molecule has 1 fully saturated rings. The van der Waals surface area contributed by atoms with Crippen LogP contribution in [0, 0.1) is 0 Å². The number of benzene rings is 1. The van der Waals surface area contributed by atoms with Crippen molar-refractivity contribution in [2.24, 2.45) is 5.73 Å². The average molecular weight is 212 g/mol. The van der Waals surface area contributed by atoms with Gasteiger partial charge in [-0.05, 0) is 25.0 Å². The molecule has 74 valence electrons.